The fourth-order valence-electron chi connectivity index (χ4n) is 1.90. The Hall–Kier alpha value is -2.11. The van der Waals surface area contributed by atoms with E-state index < -0.39 is 6.10 Å². The van der Waals surface area contributed by atoms with Crippen LogP contribution >= 0.6 is 0 Å². The van der Waals surface area contributed by atoms with Crippen LogP contribution in [0.25, 0.3) is 22.4 Å². The van der Waals surface area contributed by atoms with Crippen molar-refractivity contribution < 1.29 is 14.6 Å². The second kappa shape index (κ2) is 4.29. The number of aromatic nitrogens is 2. The van der Waals surface area contributed by atoms with Gasteiger partial charge in [-0.15, -0.1) is 0 Å². The number of H-pyrrole nitrogens is 1. The number of nitrogens with zero attached hydrogens (tertiary/aromatic N) is 1. The lowest BCUT2D eigenvalue weighted by atomic mass is 10.2. The number of nitrogens with one attached hydrogen (secondary N) is 1. The maximum absolute atomic E-state index is 9.48. The quantitative estimate of drug-likeness (QED) is 0.656. The molecule has 0 amide bonds. The fraction of sp³-hybridized carbons (Fsp3) is 0.154. The highest BCUT2D eigenvalue weighted by Crippen LogP contribution is 2.29. The summed E-state index contributed by atoms with van der Waals surface area (Å²) >= 11 is 0. The lowest BCUT2D eigenvalue weighted by Gasteiger charge is -2.01. The molecule has 0 aliphatic heterocycles. The van der Waals surface area contributed by atoms with Crippen LogP contribution in [0, 0.1) is 0 Å². The highest BCUT2D eigenvalue weighted by atomic mass is 16.4. The molecule has 0 fully saturated rings. The molecular weight excluding hydrogens is 232 g/mol. The maximum atomic E-state index is 9.48. The third kappa shape index (κ3) is 1.70. The molecule has 2 heterocycles. The largest absolute Gasteiger partial charge is 0.456 e. The van der Waals surface area contributed by atoms with Crippen molar-refractivity contribution >= 4 is 10.9 Å². The Kier molecular flexibility index (Phi) is 2.62. The van der Waals surface area contributed by atoms with Gasteiger partial charge < -0.3 is 14.6 Å². The van der Waals surface area contributed by atoms with Gasteiger partial charge in [0, 0.05) is 5.39 Å². The van der Waals surface area contributed by atoms with Crippen LogP contribution in [0.2, 0.25) is 0 Å². The number of aliphatic hydroxyl groups excluding tert-OH is 2. The molecule has 5 nitrogen and oxygen atoms in total. The van der Waals surface area contributed by atoms with Gasteiger partial charge in [-0.1, -0.05) is 18.2 Å². The van der Waals surface area contributed by atoms with E-state index >= 15 is 0 Å². The second-order valence-electron chi connectivity index (χ2n) is 4.02. The van der Waals surface area contributed by atoms with Crippen molar-refractivity contribution in [1.29, 1.82) is 0 Å². The van der Waals surface area contributed by atoms with Gasteiger partial charge in [0.15, 0.2) is 5.76 Å². The van der Waals surface area contributed by atoms with Gasteiger partial charge in [0.05, 0.1) is 12.1 Å². The number of hydrogen-bond acceptors (Lipinski definition) is 4. The summed E-state index contributed by atoms with van der Waals surface area (Å²) in [5, 5.41) is 26.4. The van der Waals surface area contributed by atoms with Crippen molar-refractivity contribution in [2.24, 2.45) is 0 Å². The smallest absolute Gasteiger partial charge is 0.155 e. The Bertz CT molecular complexity index is 671. The molecule has 0 saturated carbocycles. The van der Waals surface area contributed by atoms with Gasteiger partial charge in [0.2, 0.25) is 0 Å². The molecule has 1 unspecified atom stereocenters. The summed E-state index contributed by atoms with van der Waals surface area (Å²) in [6.45, 7) is -0.367. The summed E-state index contributed by atoms with van der Waals surface area (Å²) < 4.78 is 5.50. The Balaban J connectivity index is 2.07. The molecule has 0 bridgehead atoms. The number of aliphatic hydroxyl groups is 2. The first-order valence-corrected chi connectivity index (χ1v) is 5.61. The molecule has 0 saturated heterocycles. The maximum Gasteiger partial charge on any atom is 0.155 e. The van der Waals surface area contributed by atoms with Crippen LogP contribution < -0.4 is 0 Å². The van der Waals surface area contributed by atoms with E-state index in [1.54, 1.807) is 12.1 Å². The molecule has 0 aliphatic carbocycles. The molecule has 0 spiro atoms. The van der Waals surface area contributed by atoms with Crippen LogP contribution in [0.15, 0.2) is 40.8 Å². The minimum atomic E-state index is -0.996. The predicted octanol–water partition coefficient (Wildman–Crippen LogP) is 1.85. The molecule has 5 heteroatoms. The van der Waals surface area contributed by atoms with E-state index in [0.717, 1.165) is 10.9 Å². The third-order valence-electron chi connectivity index (χ3n) is 2.83. The van der Waals surface area contributed by atoms with Crippen molar-refractivity contribution in [2.75, 3.05) is 6.61 Å². The number of benzene rings is 1. The van der Waals surface area contributed by atoms with Gasteiger partial charge in [-0.05, 0) is 18.2 Å². The van der Waals surface area contributed by atoms with Gasteiger partial charge in [0.1, 0.15) is 17.6 Å². The molecular formula is C13H12N2O3. The lowest BCUT2D eigenvalue weighted by Crippen LogP contribution is -2.00. The number of para-hydroxylation sites is 1. The number of rotatable bonds is 3. The minimum Gasteiger partial charge on any atom is -0.456 e. The zero-order valence-corrected chi connectivity index (χ0v) is 9.50. The van der Waals surface area contributed by atoms with Crippen LogP contribution in [0.1, 0.15) is 11.9 Å². The first-order valence-electron chi connectivity index (χ1n) is 5.61. The predicted molar refractivity (Wildman–Crippen MR) is 65.8 cm³/mol. The molecule has 3 rings (SSSR count). The highest BCUT2D eigenvalue weighted by molar-refractivity contribution is 5.91. The number of hydrogen-bond donors (Lipinski definition) is 3. The van der Waals surface area contributed by atoms with Crippen LogP contribution in [0.4, 0.5) is 0 Å². The van der Waals surface area contributed by atoms with Crippen molar-refractivity contribution in [1.82, 2.24) is 10.2 Å². The third-order valence-corrected chi connectivity index (χ3v) is 2.83. The molecule has 3 N–H and O–H groups in total. The minimum absolute atomic E-state index is 0.333. The van der Waals surface area contributed by atoms with Crippen molar-refractivity contribution in [3.8, 4) is 11.5 Å². The molecule has 18 heavy (non-hydrogen) atoms. The number of furan rings is 1. The van der Waals surface area contributed by atoms with E-state index in [1.807, 2.05) is 24.3 Å². The van der Waals surface area contributed by atoms with Crippen molar-refractivity contribution in [3.63, 3.8) is 0 Å². The summed E-state index contributed by atoms with van der Waals surface area (Å²) in [6.07, 6.45) is -0.996. The van der Waals surface area contributed by atoms with E-state index in [9.17, 15) is 5.11 Å². The van der Waals surface area contributed by atoms with Gasteiger partial charge in [-0.25, -0.2) is 0 Å². The van der Waals surface area contributed by atoms with E-state index in [0.29, 0.717) is 17.2 Å². The summed E-state index contributed by atoms with van der Waals surface area (Å²) in [5.41, 5.74) is 1.62. The molecule has 0 radical (unpaired) electrons. The van der Waals surface area contributed by atoms with Crippen molar-refractivity contribution in [3.05, 3.63) is 42.2 Å². The normalized spacial score (nSPS) is 13.0. The first-order chi connectivity index (χ1) is 8.79. The van der Waals surface area contributed by atoms with E-state index in [2.05, 4.69) is 10.2 Å². The van der Waals surface area contributed by atoms with Crippen LogP contribution in [0.3, 0.4) is 0 Å². The van der Waals surface area contributed by atoms with Gasteiger partial charge in [0.25, 0.3) is 0 Å². The molecule has 1 atom stereocenters. The standard InChI is InChI=1S/C13H12N2O3/c16-7-10(17)11-5-6-12(18-11)13-8-3-1-2-4-9(8)14-15-13/h1-6,10,16-17H,7H2,(H,14,15). The highest BCUT2D eigenvalue weighted by Gasteiger charge is 2.15. The fourth-order valence-corrected chi connectivity index (χ4v) is 1.90. The first kappa shape index (κ1) is 11.0. The average Bonchev–Trinajstić information content (AvgIpc) is 3.03. The van der Waals surface area contributed by atoms with Gasteiger partial charge >= 0.3 is 0 Å². The summed E-state index contributed by atoms with van der Waals surface area (Å²) in [4.78, 5) is 0. The topological polar surface area (TPSA) is 82.3 Å². The summed E-state index contributed by atoms with van der Waals surface area (Å²) in [6, 6.07) is 11.1. The Labute approximate surface area is 103 Å². The van der Waals surface area contributed by atoms with Gasteiger partial charge in [-0.3, -0.25) is 5.10 Å². The average molecular weight is 244 g/mol. The zero-order valence-electron chi connectivity index (χ0n) is 9.50. The summed E-state index contributed by atoms with van der Waals surface area (Å²) in [5.74, 6) is 0.898. The molecule has 92 valence electrons. The van der Waals surface area contributed by atoms with E-state index in [-0.39, 0.29) is 6.61 Å². The van der Waals surface area contributed by atoms with E-state index in [1.165, 1.54) is 0 Å². The zero-order chi connectivity index (χ0) is 12.5. The molecule has 3 aromatic rings. The monoisotopic (exact) mass is 244 g/mol. The van der Waals surface area contributed by atoms with Gasteiger partial charge in [-0.2, -0.15) is 5.10 Å². The van der Waals surface area contributed by atoms with Crippen LogP contribution in [-0.2, 0) is 0 Å². The van der Waals surface area contributed by atoms with Crippen LogP contribution in [0.5, 0.6) is 0 Å². The molecule has 1 aromatic carbocycles. The van der Waals surface area contributed by atoms with E-state index in [4.69, 9.17) is 9.52 Å². The Morgan fingerprint density at radius 1 is 1.22 bits per heavy atom. The van der Waals surface area contributed by atoms with Crippen molar-refractivity contribution in [2.45, 2.75) is 6.10 Å². The summed E-state index contributed by atoms with van der Waals surface area (Å²) in [7, 11) is 0. The Morgan fingerprint density at radius 3 is 2.89 bits per heavy atom. The molecule has 0 aliphatic rings. The van der Waals surface area contributed by atoms with Crippen LogP contribution in [-0.4, -0.2) is 27.0 Å². The lowest BCUT2D eigenvalue weighted by molar-refractivity contribution is 0.0781. The molecule has 2 aromatic heterocycles. The number of aromatic amines is 1. The Morgan fingerprint density at radius 2 is 2.06 bits per heavy atom. The second-order valence-corrected chi connectivity index (χ2v) is 4.02. The number of fused-ring (bicyclic) bond motifs is 1. The SMILES string of the molecule is OCC(O)c1ccc(-c2n[nH]c3ccccc23)o1.